The first-order chi connectivity index (χ1) is 5.90. The van der Waals surface area contributed by atoms with Gasteiger partial charge >= 0.3 is 0 Å². The molecule has 0 bridgehead atoms. The maximum absolute atomic E-state index is 8.43. The summed E-state index contributed by atoms with van der Waals surface area (Å²) >= 11 is 0. The van der Waals surface area contributed by atoms with Crippen molar-refractivity contribution < 1.29 is 0 Å². The lowest BCUT2D eigenvalue weighted by atomic mass is 10.3. The fraction of sp³-hybridized carbons (Fsp3) is 0.125. The molecule has 0 saturated heterocycles. The van der Waals surface area contributed by atoms with Crippen molar-refractivity contribution in [2.45, 2.75) is 6.42 Å². The number of hydrogen-bond acceptors (Lipinski definition) is 3. The summed E-state index contributed by atoms with van der Waals surface area (Å²) in [6.07, 6.45) is 5.56. The lowest BCUT2D eigenvalue weighted by Gasteiger charge is -1.94. The molecule has 2 aromatic heterocycles. The first-order valence-corrected chi connectivity index (χ1v) is 3.55. The molecule has 4 heteroatoms. The van der Waals surface area contributed by atoms with Gasteiger partial charge in [0.1, 0.15) is 0 Å². The van der Waals surface area contributed by atoms with Crippen LogP contribution in [0.4, 0.5) is 0 Å². The second-order valence-electron chi connectivity index (χ2n) is 2.43. The lowest BCUT2D eigenvalue weighted by Crippen LogP contribution is -1.92. The van der Waals surface area contributed by atoms with Crippen molar-refractivity contribution in [3.05, 3.63) is 30.2 Å². The highest BCUT2D eigenvalue weighted by molar-refractivity contribution is 5.36. The van der Waals surface area contributed by atoms with Crippen molar-refractivity contribution in [1.82, 2.24) is 14.6 Å². The largest absolute Gasteiger partial charge is 0.237 e. The summed E-state index contributed by atoms with van der Waals surface area (Å²) in [6.45, 7) is 0. The third-order valence-corrected chi connectivity index (χ3v) is 1.58. The zero-order chi connectivity index (χ0) is 8.39. The van der Waals surface area contributed by atoms with Crippen LogP contribution in [0.2, 0.25) is 0 Å². The molecule has 0 aliphatic carbocycles. The summed E-state index contributed by atoms with van der Waals surface area (Å²) in [5, 5.41) is 12.4. The Bertz CT molecular complexity index is 437. The van der Waals surface area contributed by atoms with Crippen LogP contribution in [-0.2, 0) is 6.42 Å². The van der Waals surface area contributed by atoms with Crippen LogP contribution in [0, 0.1) is 11.3 Å². The molecule has 2 heterocycles. The standard InChI is InChI=1S/C8H6N4/c9-3-1-7-5-10-8-2-4-11-12(8)6-7/h2,4-6H,1H2. The number of hydrogen-bond donors (Lipinski definition) is 0. The van der Waals surface area contributed by atoms with E-state index in [0.29, 0.717) is 6.42 Å². The van der Waals surface area contributed by atoms with E-state index in [1.807, 2.05) is 12.3 Å². The monoisotopic (exact) mass is 158 g/mol. The van der Waals surface area contributed by atoms with Crippen LogP contribution in [0.5, 0.6) is 0 Å². The Morgan fingerprint density at radius 1 is 1.58 bits per heavy atom. The molecule has 0 fully saturated rings. The summed E-state index contributed by atoms with van der Waals surface area (Å²) in [6, 6.07) is 3.88. The highest BCUT2D eigenvalue weighted by atomic mass is 15.2. The summed E-state index contributed by atoms with van der Waals surface area (Å²) in [5.74, 6) is 0. The molecule has 0 aliphatic heterocycles. The van der Waals surface area contributed by atoms with Crippen molar-refractivity contribution in [3.63, 3.8) is 0 Å². The molecular formula is C8H6N4. The highest BCUT2D eigenvalue weighted by Crippen LogP contribution is 2.01. The second kappa shape index (κ2) is 2.62. The fourth-order valence-corrected chi connectivity index (χ4v) is 1.03. The van der Waals surface area contributed by atoms with Gasteiger partial charge in [0.05, 0.1) is 18.7 Å². The molecule has 12 heavy (non-hydrogen) atoms. The maximum Gasteiger partial charge on any atom is 0.154 e. The Hall–Kier alpha value is -1.89. The number of nitriles is 1. The SMILES string of the molecule is N#CCc1cnc2ccnn2c1. The molecule has 0 unspecified atom stereocenters. The van der Waals surface area contributed by atoms with Gasteiger partial charge in [-0.3, -0.25) is 0 Å². The topological polar surface area (TPSA) is 54.0 Å². The van der Waals surface area contributed by atoms with Gasteiger partial charge in [-0.15, -0.1) is 0 Å². The zero-order valence-corrected chi connectivity index (χ0v) is 6.31. The molecule has 0 atom stereocenters. The quantitative estimate of drug-likeness (QED) is 0.616. The Morgan fingerprint density at radius 2 is 2.50 bits per heavy atom. The van der Waals surface area contributed by atoms with Gasteiger partial charge in [-0.25, -0.2) is 9.50 Å². The molecule has 0 aliphatic rings. The van der Waals surface area contributed by atoms with Crippen LogP contribution >= 0.6 is 0 Å². The molecule has 0 saturated carbocycles. The number of fused-ring (bicyclic) bond motifs is 1. The summed E-state index contributed by atoms with van der Waals surface area (Å²) in [5.41, 5.74) is 1.69. The van der Waals surface area contributed by atoms with Crippen LogP contribution in [0.15, 0.2) is 24.7 Å². The van der Waals surface area contributed by atoms with Crippen molar-refractivity contribution in [2.75, 3.05) is 0 Å². The Labute approximate surface area is 69.1 Å². The minimum Gasteiger partial charge on any atom is -0.237 e. The van der Waals surface area contributed by atoms with Crippen molar-refractivity contribution >= 4 is 5.65 Å². The summed E-state index contributed by atoms with van der Waals surface area (Å²) in [7, 11) is 0. The second-order valence-corrected chi connectivity index (χ2v) is 2.43. The molecule has 2 aromatic rings. The van der Waals surface area contributed by atoms with Gasteiger partial charge in [-0.1, -0.05) is 0 Å². The van der Waals surface area contributed by atoms with Crippen LogP contribution in [0.25, 0.3) is 5.65 Å². The fourth-order valence-electron chi connectivity index (χ4n) is 1.03. The molecule has 58 valence electrons. The third-order valence-electron chi connectivity index (χ3n) is 1.58. The molecule has 0 N–H and O–H groups in total. The Balaban J connectivity index is 2.54. The van der Waals surface area contributed by atoms with E-state index < -0.39 is 0 Å². The third kappa shape index (κ3) is 1.01. The Kier molecular flexibility index (Phi) is 1.49. The van der Waals surface area contributed by atoms with E-state index in [1.54, 1.807) is 16.9 Å². The minimum atomic E-state index is 0.378. The van der Waals surface area contributed by atoms with Gasteiger partial charge in [-0.2, -0.15) is 10.4 Å². The lowest BCUT2D eigenvalue weighted by molar-refractivity contribution is 0.920. The molecule has 2 rings (SSSR count). The van der Waals surface area contributed by atoms with Crippen LogP contribution < -0.4 is 0 Å². The van der Waals surface area contributed by atoms with Crippen molar-refractivity contribution in [3.8, 4) is 6.07 Å². The van der Waals surface area contributed by atoms with Gasteiger partial charge < -0.3 is 0 Å². The molecule has 0 amide bonds. The van der Waals surface area contributed by atoms with Gasteiger partial charge in [0.2, 0.25) is 0 Å². The van der Waals surface area contributed by atoms with Crippen LogP contribution in [0.1, 0.15) is 5.56 Å². The van der Waals surface area contributed by atoms with E-state index in [4.69, 9.17) is 5.26 Å². The molecular weight excluding hydrogens is 152 g/mol. The highest BCUT2D eigenvalue weighted by Gasteiger charge is 1.96. The minimum absolute atomic E-state index is 0.378. The molecule has 4 nitrogen and oxygen atoms in total. The summed E-state index contributed by atoms with van der Waals surface area (Å²) < 4.78 is 1.66. The van der Waals surface area contributed by atoms with Crippen molar-refractivity contribution in [2.24, 2.45) is 0 Å². The van der Waals surface area contributed by atoms with Crippen molar-refractivity contribution in [1.29, 1.82) is 5.26 Å². The molecule has 0 spiro atoms. The number of nitrogens with zero attached hydrogens (tertiary/aromatic N) is 4. The summed E-state index contributed by atoms with van der Waals surface area (Å²) in [4.78, 5) is 4.11. The van der Waals surface area contributed by atoms with Crippen LogP contribution in [-0.4, -0.2) is 14.6 Å². The number of aromatic nitrogens is 3. The van der Waals surface area contributed by atoms with E-state index >= 15 is 0 Å². The molecule has 0 aromatic carbocycles. The average molecular weight is 158 g/mol. The maximum atomic E-state index is 8.43. The van der Waals surface area contributed by atoms with E-state index in [0.717, 1.165) is 11.2 Å². The van der Waals surface area contributed by atoms with Gasteiger partial charge in [0, 0.05) is 24.0 Å². The average Bonchev–Trinajstić information content (AvgIpc) is 2.51. The van der Waals surface area contributed by atoms with Gasteiger partial charge in [0.25, 0.3) is 0 Å². The van der Waals surface area contributed by atoms with Gasteiger partial charge in [0.15, 0.2) is 5.65 Å². The van der Waals surface area contributed by atoms with Gasteiger partial charge in [-0.05, 0) is 0 Å². The first kappa shape index (κ1) is 6.80. The zero-order valence-electron chi connectivity index (χ0n) is 6.31. The normalized spacial score (nSPS) is 9.92. The van der Waals surface area contributed by atoms with E-state index in [1.165, 1.54) is 0 Å². The van der Waals surface area contributed by atoms with E-state index in [-0.39, 0.29) is 0 Å². The molecule has 0 radical (unpaired) electrons. The van der Waals surface area contributed by atoms with Crippen LogP contribution in [0.3, 0.4) is 0 Å². The van der Waals surface area contributed by atoms with E-state index in [2.05, 4.69) is 16.2 Å². The van der Waals surface area contributed by atoms with E-state index in [9.17, 15) is 0 Å². The predicted molar refractivity (Wildman–Crippen MR) is 42.3 cm³/mol. The first-order valence-electron chi connectivity index (χ1n) is 3.55. The number of rotatable bonds is 1. The predicted octanol–water partition coefficient (Wildman–Crippen LogP) is 0.795. The Morgan fingerprint density at radius 3 is 3.33 bits per heavy atom. The smallest absolute Gasteiger partial charge is 0.154 e.